The normalized spacial score (nSPS) is 14.8. The summed E-state index contributed by atoms with van der Waals surface area (Å²) in [6.45, 7) is 8.91. The predicted octanol–water partition coefficient (Wildman–Crippen LogP) is 3.48. The number of hydrogen-bond acceptors (Lipinski definition) is 1. The van der Waals surface area contributed by atoms with E-state index in [1.165, 1.54) is 29.5 Å². The third-order valence-electron chi connectivity index (χ3n) is 3.47. The van der Waals surface area contributed by atoms with Crippen LogP contribution in [0.4, 0.5) is 0 Å². The first-order chi connectivity index (χ1) is 7.56. The highest BCUT2D eigenvalue weighted by Crippen LogP contribution is 2.18. The Morgan fingerprint density at radius 2 is 1.69 bits per heavy atom. The molecule has 0 aliphatic rings. The van der Waals surface area contributed by atoms with Crippen LogP contribution in [0.25, 0.3) is 0 Å². The fraction of sp³-hybridized carbons (Fsp3) is 0.600. The lowest BCUT2D eigenvalue weighted by atomic mass is 9.90. The van der Waals surface area contributed by atoms with Crippen LogP contribution in [0.15, 0.2) is 18.2 Å². The average Bonchev–Trinajstić information content (AvgIpc) is 2.23. The van der Waals surface area contributed by atoms with Crippen molar-refractivity contribution >= 4 is 0 Å². The van der Waals surface area contributed by atoms with E-state index in [0.29, 0.717) is 6.04 Å². The van der Waals surface area contributed by atoms with Crippen molar-refractivity contribution in [3.63, 3.8) is 0 Å². The molecule has 2 unspecified atom stereocenters. The molecule has 0 aromatic heterocycles. The second-order valence-electron chi connectivity index (χ2n) is 4.95. The molecular weight excluding hydrogens is 194 g/mol. The van der Waals surface area contributed by atoms with Gasteiger partial charge in [0.2, 0.25) is 0 Å². The van der Waals surface area contributed by atoms with Crippen LogP contribution in [0.5, 0.6) is 0 Å². The minimum Gasteiger partial charge on any atom is -0.317 e. The van der Waals surface area contributed by atoms with Crippen LogP contribution < -0.4 is 5.32 Å². The highest BCUT2D eigenvalue weighted by molar-refractivity contribution is 5.28. The van der Waals surface area contributed by atoms with E-state index in [1.807, 2.05) is 0 Å². The van der Waals surface area contributed by atoms with Crippen molar-refractivity contribution in [2.45, 2.75) is 46.6 Å². The summed E-state index contributed by atoms with van der Waals surface area (Å²) < 4.78 is 0. The van der Waals surface area contributed by atoms with Gasteiger partial charge >= 0.3 is 0 Å². The van der Waals surface area contributed by atoms with E-state index in [0.717, 1.165) is 5.92 Å². The van der Waals surface area contributed by atoms with Gasteiger partial charge in [0.05, 0.1) is 0 Å². The summed E-state index contributed by atoms with van der Waals surface area (Å²) >= 11 is 0. The first kappa shape index (κ1) is 13.2. The number of rotatable bonds is 5. The van der Waals surface area contributed by atoms with Crippen LogP contribution in [0.3, 0.4) is 0 Å². The van der Waals surface area contributed by atoms with E-state index in [9.17, 15) is 0 Å². The van der Waals surface area contributed by atoms with Crippen molar-refractivity contribution in [1.82, 2.24) is 5.32 Å². The van der Waals surface area contributed by atoms with Crippen LogP contribution in [0, 0.1) is 19.8 Å². The second-order valence-corrected chi connectivity index (χ2v) is 4.95. The first-order valence-electron chi connectivity index (χ1n) is 6.31. The van der Waals surface area contributed by atoms with Gasteiger partial charge in [-0.15, -0.1) is 0 Å². The second kappa shape index (κ2) is 6.05. The zero-order valence-corrected chi connectivity index (χ0v) is 11.3. The van der Waals surface area contributed by atoms with Gasteiger partial charge in [-0.1, -0.05) is 42.7 Å². The summed E-state index contributed by atoms with van der Waals surface area (Å²) in [4.78, 5) is 0. The molecule has 1 aromatic carbocycles. The third kappa shape index (κ3) is 3.64. The van der Waals surface area contributed by atoms with E-state index in [4.69, 9.17) is 0 Å². The lowest BCUT2D eigenvalue weighted by Gasteiger charge is -2.22. The van der Waals surface area contributed by atoms with Crippen LogP contribution in [-0.2, 0) is 6.42 Å². The highest BCUT2D eigenvalue weighted by atomic mass is 14.9. The molecule has 16 heavy (non-hydrogen) atoms. The van der Waals surface area contributed by atoms with Gasteiger partial charge in [-0.05, 0) is 45.7 Å². The summed E-state index contributed by atoms with van der Waals surface area (Å²) in [7, 11) is 2.05. The fourth-order valence-corrected chi connectivity index (χ4v) is 2.40. The Hall–Kier alpha value is -0.820. The van der Waals surface area contributed by atoms with Gasteiger partial charge in [0, 0.05) is 6.04 Å². The van der Waals surface area contributed by atoms with Gasteiger partial charge < -0.3 is 5.32 Å². The Morgan fingerprint density at radius 1 is 1.12 bits per heavy atom. The molecule has 0 heterocycles. The van der Waals surface area contributed by atoms with E-state index in [-0.39, 0.29) is 0 Å². The Labute approximate surface area is 100 Å². The van der Waals surface area contributed by atoms with Gasteiger partial charge in [-0.25, -0.2) is 0 Å². The van der Waals surface area contributed by atoms with Crippen molar-refractivity contribution < 1.29 is 0 Å². The Balaban J connectivity index is 2.77. The van der Waals surface area contributed by atoms with E-state index < -0.39 is 0 Å². The maximum atomic E-state index is 3.37. The summed E-state index contributed by atoms with van der Waals surface area (Å²) in [5.74, 6) is 0.728. The molecule has 0 spiro atoms. The average molecular weight is 219 g/mol. The van der Waals surface area contributed by atoms with Crippen molar-refractivity contribution in [3.05, 3.63) is 34.9 Å². The Morgan fingerprint density at radius 3 is 2.12 bits per heavy atom. The summed E-state index contributed by atoms with van der Waals surface area (Å²) in [6.07, 6.45) is 2.41. The molecule has 2 atom stereocenters. The molecule has 0 bridgehead atoms. The van der Waals surface area contributed by atoms with Gasteiger partial charge in [0.25, 0.3) is 0 Å². The van der Waals surface area contributed by atoms with Gasteiger partial charge in [-0.3, -0.25) is 0 Å². The number of nitrogens with one attached hydrogen (secondary N) is 1. The van der Waals surface area contributed by atoms with Crippen LogP contribution in [0.2, 0.25) is 0 Å². The smallest absolute Gasteiger partial charge is 0.00670 e. The molecule has 1 rings (SSSR count). The standard InChI is InChI=1S/C15H25N/c1-6-15(13(4)16-5)10-14-8-11(2)7-12(3)9-14/h7-9,13,15-16H,6,10H2,1-5H3. The third-order valence-corrected chi connectivity index (χ3v) is 3.47. The monoisotopic (exact) mass is 219 g/mol. The molecule has 0 saturated heterocycles. The lowest BCUT2D eigenvalue weighted by molar-refractivity contribution is 0.381. The van der Waals surface area contributed by atoms with Crippen LogP contribution in [-0.4, -0.2) is 13.1 Å². The maximum absolute atomic E-state index is 3.37. The van der Waals surface area contributed by atoms with Crippen LogP contribution in [0.1, 0.15) is 37.0 Å². The molecule has 0 aliphatic carbocycles. The molecule has 90 valence electrons. The van der Waals surface area contributed by atoms with Gasteiger partial charge in [0.15, 0.2) is 0 Å². The highest BCUT2D eigenvalue weighted by Gasteiger charge is 2.14. The van der Waals surface area contributed by atoms with Crippen LogP contribution >= 0.6 is 0 Å². The molecule has 1 N–H and O–H groups in total. The minimum absolute atomic E-state index is 0.589. The van der Waals surface area contributed by atoms with E-state index in [1.54, 1.807) is 0 Å². The molecule has 0 amide bonds. The SMILES string of the molecule is CCC(Cc1cc(C)cc(C)c1)C(C)NC. The van der Waals surface area contributed by atoms with Gasteiger partial charge in [0.1, 0.15) is 0 Å². The van der Waals surface area contributed by atoms with Gasteiger partial charge in [-0.2, -0.15) is 0 Å². The van der Waals surface area contributed by atoms with Crippen molar-refractivity contribution in [3.8, 4) is 0 Å². The van der Waals surface area contributed by atoms with Crippen molar-refractivity contribution in [2.24, 2.45) is 5.92 Å². The van der Waals surface area contributed by atoms with Crippen molar-refractivity contribution in [1.29, 1.82) is 0 Å². The Kier molecular flexibility index (Phi) is 5.01. The molecule has 0 saturated carbocycles. The van der Waals surface area contributed by atoms with E-state index >= 15 is 0 Å². The molecule has 1 nitrogen and oxygen atoms in total. The molecule has 1 aromatic rings. The van der Waals surface area contributed by atoms with E-state index in [2.05, 4.69) is 58.3 Å². The zero-order valence-electron chi connectivity index (χ0n) is 11.3. The zero-order chi connectivity index (χ0) is 12.1. The molecule has 1 heteroatoms. The summed E-state index contributed by atoms with van der Waals surface area (Å²) in [6, 6.07) is 7.47. The quantitative estimate of drug-likeness (QED) is 0.799. The molecule has 0 radical (unpaired) electrons. The molecular formula is C15H25N. The largest absolute Gasteiger partial charge is 0.317 e. The number of benzene rings is 1. The summed E-state index contributed by atoms with van der Waals surface area (Å²) in [5.41, 5.74) is 4.23. The summed E-state index contributed by atoms with van der Waals surface area (Å²) in [5, 5.41) is 3.37. The maximum Gasteiger partial charge on any atom is 0.00670 e. The topological polar surface area (TPSA) is 12.0 Å². The predicted molar refractivity (Wildman–Crippen MR) is 71.9 cm³/mol. The Bertz CT molecular complexity index is 310. The molecule has 0 aliphatic heterocycles. The number of hydrogen-bond donors (Lipinski definition) is 1. The fourth-order valence-electron chi connectivity index (χ4n) is 2.40. The van der Waals surface area contributed by atoms with Crippen molar-refractivity contribution in [2.75, 3.05) is 7.05 Å². The number of aryl methyl sites for hydroxylation is 2. The minimum atomic E-state index is 0.589. The molecule has 0 fully saturated rings. The lowest BCUT2D eigenvalue weighted by Crippen LogP contribution is -2.31. The first-order valence-corrected chi connectivity index (χ1v) is 6.31.